The third-order valence-corrected chi connectivity index (χ3v) is 3.55. The van der Waals surface area contributed by atoms with Crippen LogP contribution in [0.4, 0.5) is 4.39 Å². The number of rotatable bonds is 2. The molecule has 0 amide bonds. The van der Waals surface area contributed by atoms with Crippen LogP contribution in [0.5, 0.6) is 0 Å². The molecule has 2 nitrogen and oxygen atoms in total. The molecule has 1 aromatic heterocycles. The van der Waals surface area contributed by atoms with Gasteiger partial charge < -0.3 is 4.98 Å². The highest BCUT2D eigenvalue weighted by Gasteiger charge is 2.08. The Hall–Kier alpha value is -1.68. The van der Waals surface area contributed by atoms with Crippen LogP contribution in [-0.2, 0) is 6.42 Å². The molecule has 4 heteroatoms. The van der Waals surface area contributed by atoms with E-state index in [-0.39, 0.29) is 5.82 Å². The van der Waals surface area contributed by atoms with Crippen molar-refractivity contribution in [1.29, 1.82) is 0 Å². The van der Waals surface area contributed by atoms with E-state index in [2.05, 4.69) is 45.0 Å². The van der Waals surface area contributed by atoms with E-state index in [1.807, 2.05) is 12.1 Å². The summed E-state index contributed by atoms with van der Waals surface area (Å²) in [7, 11) is 0. The van der Waals surface area contributed by atoms with Gasteiger partial charge in [0.15, 0.2) is 0 Å². The van der Waals surface area contributed by atoms with Gasteiger partial charge in [-0.2, -0.15) is 0 Å². The van der Waals surface area contributed by atoms with Crippen molar-refractivity contribution in [2.75, 3.05) is 0 Å². The first-order valence-corrected chi connectivity index (χ1v) is 6.90. The van der Waals surface area contributed by atoms with Crippen molar-refractivity contribution in [3.8, 4) is 11.4 Å². The van der Waals surface area contributed by atoms with Crippen LogP contribution >= 0.6 is 15.9 Å². The summed E-state index contributed by atoms with van der Waals surface area (Å²) >= 11 is 3.30. The van der Waals surface area contributed by atoms with Crippen LogP contribution < -0.4 is 0 Å². The Morgan fingerprint density at radius 2 is 2.05 bits per heavy atom. The predicted octanol–water partition coefficient (Wildman–Crippen LogP) is 4.69. The molecule has 3 aromatic rings. The molecule has 0 spiro atoms. The van der Waals surface area contributed by atoms with Crippen LogP contribution in [0.15, 0.2) is 40.9 Å². The van der Waals surface area contributed by atoms with E-state index in [1.54, 1.807) is 0 Å². The predicted molar refractivity (Wildman–Crippen MR) is 78.6 cm³/mol. The number of hydrogen-bond donors (Lipinski definition) is 1. The van der Waals surface area contributed by atoms with Gasteiger partial charge in [0.05, 0.1) is 11.0 Å². The van der Waals surface area contributed by atoms with E-state index in [4.69, 9.17) is 0 Å². The zero-order valence-corrected chi connectivity index (χ0v) is 12.0. The van der Waals surface area contributed by atoms with Gasteiger partial charge in [0.1, 0.15) is 11.6 Å². The van der Waals surface area contributed by atoms with Gasteiger partial charge in [-0.1, -0.05) is 28.9 Å². The molecule has 1 N–H and O–H groups in total. The molecule has 0 saturated heterocycles. The number of hydrogen-bond acceptors (Lipinski definition) is 1. The average Bonchev–Trinajstić information content (AvgIpc) is 2.80. The Morgan fingerprint density at radius 1 is 1.21 bits per heavy atom. The molecule has 3 rings (SSSR count). The minimum Gasteiger partial charge on any atom is -0.338 e. The lowest BCUT2D eigenvalue weighted by Crippen LogP contribution is -1.83. The van der Waals surface area contributed by atoms with E-state index in [1.165, 1.54) is 17.7 Å². The maximum Gasteiger partial charge on any atom is 0.138 e. The molecule has 96 valence electrons. The zero-order valence-electron chi connectivity index (χ0n) is 10.4. The van der Waals surface area contributed by atoms with Gasteiger partial charge >= 0.3 is 0 Å². The van der Waals surface area contributed by atoms with Crippen LogP contribution in [0.1, 0.15) is 12.5 Å². The summed E-state index contributed by atoms with van der Waals surface area (Å²) in [5.74, 6) is 0.405. The highest BCUT2D eigenvalue weighted by molar-refractivity contribution is 9.10. The van der Waals surface area contributed by atoms with Crippen molar-refractivity contribution < 1.29 is 4.39 Å². The number of aromatic amines is 1. The molecule has 0 aliphatic rings. The summed E-state index contributed by atoms with van der Waals surface area (Å²) in [6.45, 7) is 2.11. The molecule has 0 saturated carbocycles. The second kappa shape index (κ2) is 4.78. The second-order valence-corrected chi connectivity index (χ2v) is 5.36. The topological polar surface area (TPSA) is 28.7 Å². The summed E-state index contributed by atoms with van der Waals surface area (Å²) in [5.41, 5.74) is 3.87. The third kappa shape index (κ3) is 2.40. The summed E-state index contributed by atoms with van der Waals surface area (Å²) < 4.78 is 14.1. The smallest absolute Gasteiger partial charge is 0.138 e. The van der Waals surface area contributed by atoms with Crippen LogP contribution in [0.25, 0.3) is 22.4 Å². The van der Waals surface area contributed by atoms with Crippen molar-refractivity contribution in [3.63, 3.8) is 0 Å². The minimum atomic E-state index is -0.279. The van der Waals surface area contributed by atoms with Crippen molar-refractivity contribution in [2.24, 2.45) is 0 Å². The quantitative estimate of drug-likeness (QED) is 0.729. The van der Waals surface area contributed by atoms with Gasteiger partial charge in [-0.25, -0.2) is 9.37 Å². The Bertz CT molecular complexity index is 729. The summed E-state index contributed by atoms with van der Waals surface area (Å²) in [6.07, 6.45) is 0.982. The molecule has 0 bridgehead atoms. The molecule has 19 heavy (non-hydrogen) atoms. The van der Waals surface area contributed by atoms with Gasteiger partial charge in [-0.15, -0.1) is 0 Å². The number of nitrogens with one attached hydrogen (secondary N) is 1. The van der Waals surface area contributed by atoms with Gasteiger partial charge in [0.2, 0.25) is 0 Å². The van der Waals surface area contributed by atoms with Gasteiger partial charge in [0.25, 0.3) is 0 Å². The van der Waals surface area contributed by atoms with Crippen LogP contribution in [-0.4, -0.2) is 9.97 Å². The number of nitrogens with zero attached hydrogens (tertiary/aromatic N) is 1. The summed E-state index contributed by atoms with van der Waals surface area (Å²) in [4.78, 5) is 7.74. The molecule has 2 aromatic carbocycles. The number of H-pyrrole nitrogens is 1. The zero-order chi connectivity index (χ0) is 13.4. The number of aryl methyl sites for hydroxylation is 1. The Labute approximate surface area is 118 Å². The van der Waals surface area contributed by atoms with Crippen LogP contribution in [0, 0.1) is 5.82 Å². The van der Waals surface area contributed by atoms with Gasteiger partial charge in [-0.3, -0.25) is 0 Å². The molecule has 0 radical (unpaired) electrons. The van der Waals surface area contributed by atoms with Crippen LogP contribution in [0.2, 0.25) is 0 Å². The first kappa shape index (κ1) is 12.4. The molecule has 0 fully saturated rings. The average molecular weight is 319 g/mol. The first-order valence-electron chi connectivity index (χ1n) is 6.11. The fourth-order valence-corrected chi connectivity index (χ4v) is 2.57. The fraction of sp³-hybridized carbons (Fsp3) is 0.133. The summed E-state index contributed by atoms with van der Waals surface area (Å²) in [6, 6.07) is 10.9. The molecule has 0 aliphatic carbocycles. The largest absolute Gasteiger partial charge is 0.338 e. The highest BCUT2D eigenvalue weighted by atomic mass is 79.9. The number of fused-ring (bicyclic) bond motifs is 1. The molecule has 0 aliphatic heterocycles. The minimum absolute atomic E-state index is 0.279. The van der Waals surface area contributed by atoms with E-state index in [0.29, 0.717) is 10.3 Å². The van der Waals surface area contributed by atoms with Crippen molar-refractivity contribution in [2.45, 2.75) is 13.3 Å². The molecule has 0 atom stereocenters. The molecular weight excluding hydrogens is 307 g/mol. The molecule has 1 heterocycles. The number of aromatic nitrogens is 2. The van der Waals surface area contributed by atoms with Crippen molar-refractivity contribution in [1.82, 2.24) is 9.97 Å². The van der Waals surface area contributed by atoms with Gasteiger partial charge in [-0.05, 0) is 42.3 Å². The number of halogens is 2. The fourth-order valence-electron chi connectivity index (χ4n) is 2.10. The maximum absolute atomic E-state index is 13.4. The third-order valence-electron chi connectivity index (χ3n) is 3.09. The Kier molecular flexibility index (Phi) is 3.11. The van der Waals surface area contributed by atoms with Crippen LogP contribution in [0.3, 0.4) is 0 Å². The van der Waals surface area contributed by atoms with Crippen molar-refractivity contribution >= 4 is 27.0 Å². The number of imidazole rings is 1. The lowest BCUT2D eigenvalue weighted by Gasteiger charge is -1.98. The van der Waals surface area contributed by atoms with E-state index in [0.717, 1.165) is 23.0 Å². The first-order chi connectivity index (χ1) is 9.15. The lowest BCUT2D eigenvalue weighted by atomic mass is 10.1. The second-order valence-electron chi connectivity index (χ2n) is 4.45. The Morgan fingerprint density at radius 3 is 2.79 bits per heavy atom. The SMILES string of the molecule is CCc1ccc2nc(-c3cc(F)cc(Br)c3)[nH]c2c1. The maximum atomic E-state index is 13.4. The highest BCUT2D eigenvalue weighted by Crippen LogP contribution is 2.25. The van der Waals surface area contributed by atoms with Gasteiger partial charge in [0, 0.05) is 10.0 Å². The summed E-state index contributed by atoms with van der Waals surface area (Å²) in [5, 5.41) is 0. The van der Waals surface area contributed by atoms with E-state index >= 15 is 0 Å². The molecular formula is C15H12BrFN2. The standard InChI is InChI=1S/C15H12BrFN2/c1-2-9-3-4-13-14(5-9)19-15(18-13)10-6-11(16)8-12(17)7-10/h3-8H,2H2,1H3,(H,18,19). The monoisotopic (exact) mass is 318 g/mol. The van der Waals surface area contributed by atoms with E-state index < -0.39 is 0 Å². The number of benzene rings is 2. The van der Waals surface area contributed by atoms with E-state index in [9.17, 15) is 4.39 Å². The lowest BCUT2D eigenvalue weighted by molar-refractivity contribution is 0.627. The van der Waals surface area contributed by atoms with Crippen molar-refractivity contribution in [3.05, 3.63) is 52.3 Å². The normalized spacial score (nSPS) is 11.1. The molecule has 0 unspecified atom stereocenters. The Balaban J connectivity index is 2.14.